The van der Waals surface area contributed by atoms with Gasteiger partial charge in [-0.25, -0.2) is 28.8 Å². The zero-order valence-electron chi connectivity index (χ0n) is 73.0. The van der Waals surface area contributed by atoms with Gasteiger partial charge in [0, 0.05) is 83.2 Å². The van der Waals surface area contributed by atoms with Gasteiger partial charge in [0.15, 0.2) is 0 Å². The van der Waals surface area contributed by atoms with E-state index >= 15 is 0 Å². The predicted octanol–water partition coefficient (Wildman–Crippen LogP) is 26.2. The average molecular weight is 1830 g/mol. The van der Waals surface area contributed by atoms with Gasteiger partial charge in [-0.3, -0.25) is 5.32 Å². The third-order valence-corrected chi connectivity index (χ3v) is 25.4. The van der Waals surface area contributed by atoms with Crippen molar-refractivity contribution in [2.75, 3.05) is 109 Å². The maximum absolute atomic E-state index is 12.0. The zero-order chi connectivity index (χ0) is 88.1. The fraction of sp³-hybridized carbons (Fsp3) is 0.365. The largest absolute Gasteiger partial charge is 0.478 e. The number of rotatable bonds is 17. The van der Waals surface area contributed by atoms with Gasteiger partial charge in [-0.05, 0) is 376 Å². The highest BCUT2D eigenvalue weighted by atomic mass is 79.9. The van der Waals surface area contributed by atoms with E-state index in [1.54, 1.807) is 36.5 Å². The molecule has 4 saturated heterocycles. The summed E-state index contributed by atoms with van der Waals surface area (Å²) in [6.45, 7) is 23.5. The number of carbonyl (C=O) groups excluding carboxylic acids is 5. The van der Waals surface area contributed by atoms with Gasteiger partial charge in [-0.2, -0.15) is 0 Å². The van der Waals surface area contributed by atoms with Crippen LogP contribution in [0.15, 0.2) is 208 Å². The molecule has 18 rings (SSSR count). The van der Waals surface area contributed by atoms with E-state index in [-0.39, 0.29) is 23.9 Å². The molecule has 2 aliphatic carbocycles. The van der Waals surface area contributed by atoms with Crippen LogP contribution in [0.2, 0.25) is 0 Å². The topological polar surface area (TPSA) is 220 Å². The Morgan fingerprint density at radius 2 is 0.792 bits per heavy atom. The van der Waals surface area contributed by atoms with Gasteiger partial charge in [-0.15, -0.1) is 11.3 Å². The van der Waals surface area contributed by atoms with Crippen LogP contribution in [0.3, 0.4) is 0 Å². The first-order valence-electron chi connectivity index (χ1n) is 44.5. The lowest BCUT2D eigenvalue weighted by Crippen LogP contribution is -2.30. The molecule has 11 aromatic carbocycles. The van der Waals surface area contributed by atoms with Gasteiger partial charge < -0.3 is 54.1 Å². The van der Waals surface area contributed by atoms with E-state index in [9.17, 15) is 33.9 Å². The van der Waals surface area contributed by atoms with Crippen molar-refractivity contribution in [2.45, 2.75) is 169 Å². The number of piperidine rings is 4. The van der Waals surface area contributed by atoms with E-state index in [1.807, 2.05) is 162 Å². The lowest BCUT2D eigenvalue weighted by Gasteiger charge is -2.31. The van der Waals surface area contributed by atoms with Crippen molar-refractivity contribution in [1.29, 1.82) is 0 Å². The molecule has 1 amide bonds. The van der Waals surface area contributed by atoms with Crippen LogP contribution in [-0.2, 0) is 23.7 Å². The van der Waals surface area contributed by atoms with Crippen molar-refractivity contribution in [3.05, 3.63) is 247 Å². The van der Waals surface area contributed by atoms with Crippen LogP contribution >= 0.6 is 43.2 Å². The Morgan fingerprint density at radius 3 is 1.22 bits per heavy atom. The number of ether oxygens (including phenoxy) is 5. The number of fused-ring (bicyclic) bond motifs is 5. The number of nitrogen functional groups attached to an aromatic ring is 1. The number of amides is 1. The predicted molar refractivity (Wildman–Crippen MR) is 518 cm³/mol. The Kier molecular flexibility index (Phi) is 32.1. The number of nitrogens with zero attached hydrogens (tertiary/aromatic N) is 4. The summed E-state index contributed by atoms with van der Waals surface area (Å²) in [5.74, 6) is -0.509. The SMILES string of the molecule is CC(C)(C)OC(=O)Nc1ccc(-c2cccs2)cc1N.CCOC(=O)c1ccc2c(Br)c(N3CCCCC3)ccc2c1.CCOC(=O)c1ccc2c(C3CC3)c(N3CCCCC3)ccc2c1.CCOC(=O)c1ccc2cc(Br)ccc2c1.CCOC(=O)c1ccc2cc(N3CCCCC3)ccc2c1.O=C(O)c1ccc2c(C3CC3)c(N3CCCCC3)ccc2c1. The van der Waals surface area contributed by atoms with Crippen LogP contribution in [0.4, 0.5) is 38.9 Å². The van der Waals surface area contributed by atoms with E-state index in [0.717, 1.165) is 96.4 Å². The van der Waals surface area contributed by atoms with Crippen molar-refractivity contribution in [1.82, 2.24) is 0 Å². The van der Waals surface area contributed by atoms with Crippen LogP contribution in [0.5, 0.6) is 0 Å². The molecule has 6 fully saturated rings. The highest BCUT2D eigenvalue weighted by Crippen LogP contribution is 2.50. The number of carboxylic acid groups (broad SMARTS) is 1. The summed E-state index contributed by atoms with van der Waals surface area (Å²) in [4.78, 5) is 81.2. The minimum absolute atomic E-state index is 0.229. The number of hydrogen-bond acceptors (Lipinski definition) is 17. The van der Waals surface area contributed by atoms with Crippen LogP contribution in [0, 0.1) is 0 Å². The van der Waals surface area contributed by atoms with Crippen molar-refractivity contribution in [3.63, 3.8) is 0 Å². The van der Waals surface area contributed by atoms with Gasteiger partial charge in [0.1, 0.15) is 5.60 Å². The smallest absolute Gasteiger partial charge is 0.412 e. The molecule has 0 bridgehead atoms. The van der Waals surface area contributed by atoms with Crippen LogP contribution in [-0.4, -0.2) is 125 Å². The van der Waals surface area contributed by atoms with Gasteiger partial charge in [0.25, 0.3) is 0 Å². The third-order valence-electron chi connectivity index (χ3n) is 23.2. The van der Waals surface area contributed by atoms with E-state index in [0.29, 0.717) is 77.5 Å². The fourth-order valence-electron chi connectivity index (χ4n) is 16.8. The molecule has 18 nitrogen and oxygen atoms in total. The lowest BCUT2D eigenvalue weighted by atomic mass is 9.96. The number of hydrogen-bond donors (Lipinski definition) is 3. The summed E-state index contributed by atoms with van der Waals surface area (Å²) in [5.41, 5.74) is 18.7. The molecule has 2 saturated carbocycles. The number of benzene rings is 11. The average Bonchev–Trinajstić information content (AvgIpc) is 1.59. The summed E-state index contributed by atoms with van der Waals surface area (Å²) in [6, 6.07) is 63.7. The summed E-state index contributed by atoms with van der Waals surface area (Å²) in [7, 11) is 0. The molecule has 5 heterocycles. The first kappa shape index (κ1) is 91.7. The first-order chi connectivity index (χ1) is 60.5. The number of carboxylic acids is 1. The lowest BCUT2D eigenvalue weighted by molar-refractivity contribution is 0.0517. The van der Waals surface area contributed by atoms with Crippen LogP contribution in [0.1, 0.15) is 226 Å². The van der Waals surface area contributed by atoms with Crippen molar-refractivity contribution in [3.8, 4) is 10.4 Å². The molecular weight excluding hydrogens is 1720 g/mol. The number of thiophene rings is 1. The molecule has 4 aliphatic heterocycles. The minimum Gasteiger partial charge on any atom is -0.478 e. The summed E-state index contributed by atoms with van der Waals surface area (Å²) in [6.07, 6.45) is 20.2. The molecule has 654 valence electrons. The number of nitrogens with one attached hydrogen (secondary N) is 1. The fourth-order valence-corrected chi connectivity index (χ4v) is 18.6. The molecule has 0 unspecified atom stereocenters. The Hall–Kier alpha value is -11.0. The number of anilines is 6. The second-order valence-corrected chi connectivity index (χ2v) is 36.1. The number of halogens is 2. The first-order valence-corrected chi connectivity index (χ1v) is 47.0. The third kappa shape index (κ3) is 24.6. The molecular formula is C104H116Br2N6O12S. The van der Waals surface area contributed by atoms with E-state index in [2.05, 4.69) is 117 Å². The minimum atomic E-state index is -0.852. The maximum atomic E-state index is 12.0. The molecule has 0 spiro atoms. The molecule has 6 aliphatic rings. The molecule has 12 aromatic rings. The molecule has 0 radical (unpaired) electrons. The normalized spacial score (nSPS) is 15.0. The van der Waals surface area contributed by atoms with E-state index < -0.39 is 17.7 Å². The van der Waals surface area contributed by atoms with Gasteiger partial charge in [-0.1, -0.05) is 88.7 Å². The van der Waals surface area contributed by atoms with Gasteiger partial charge >= 0.3 is 35.9 Å². The Bertz CT molecular complexity index is 5780. The standard InChI is InChI=1S/C21H25NO2.C19H21NO2.C18H20BrNO2.C18H21NO2.C15H18N2O2S.C13H11BrO2/c1-2-24-21(23)17-8-10-18-16(14-17)9-11-19(20(18)15-6-7-15)22-12-4-3-5-13-22;21-19(22)15-6-8-16-14(12-15)7-9-17(18(16)13-4-5-13)20-10-2-1-3-11-20;1-2-22-18(21)14-6-8-15-13(12-14)7-9-16(17(15)19)20-10-4-3-5-11-20;1-2-21-18(20)16-7-6-15-13-17(9-8-14(15)12-16)19-10-4-3-5-11-19;1-15(2,3)19-14(18)17-12-7-6-10(9-11(12)16)13-5-4-8-20-13;1-2-16-13(15)11-4-3-10-8-12(14)6-5-9(10)7-11/h8-11,14-15H,2-7,12-13H2,1H3;6-9,12-13H,1-5,10-11H2,(H,21,22);6-9,12H,2-5,10-11H2,1H3;6-9,12-13H,2-5,10-11H2,1H3;4-9H,16H2,1-3H3,(H,17,18);3-8H,2H2,1H3. The highest BCUT2D eigenvalue weighted by molar-refractivity contribution is 9.11. The van der Waals surface area contributed by atoms with Crippen LogP contribution in [0.25, 0.3) is 64.3 Å². The monoisotopic (exact) mass is 1830 g/mol. The molecule has 4 N–H and O–H groups in total. The van der Waals surface area contributed by atoms with Crippen molar-refractivity contribution >= 4 is 167 Å². The Labute approximate surface area is 755 Å². The number of esters is 4. The Balaban J connectivity index is 0.000000129. The maximum Gasteiger partial charge on any atom is 0.412 e. The molecule has 0 atom stereocenters. The quantitative estimate of drug-likeness (QED) is 0.0438. The Morgan fingerprint density at radius 1 is 0.416 bits per heavy atom. The second-order valence-electron chi connectivity index (χ2n) is 33.5. The molecule has 125 heavy (non-hydrogen) atoms. The summed E-state index contributed by atoms with van der Waals surface area (Å²) in [5, 5.41) is 25.2. The number of carbonyl (C=O) groups is 6. The zero-order valence-corrected chi connectivity index (χ0v) is 77.0. The van der Waals surface area contributed by atoms with Gasteiger partial charge in [0.05, 0.1) is 71.3 Å². The van der Waals surface area contributed by atoms with Gasteiger partial charge in [0.2, 0.25) is 0 Å². The molecule has 1 aromatic heterocycles. The van der Waals surface area contributed by atoms with Crippen LogP contribution < -0.4 is 30.7 Å². The summed E-state index contributed by atoms with van der Waals surface area (Å²) < 4.78 is 27.5. The summed E-state index contributed by atoms with van der Waals surface area (Å²) >= 11 is 8.81. The van der Waals surface area contributed by atoms with Crippen molar-refractivity contribution in [2.24, 2.45) is 0 Å². The van der Waals surface area contributed by atoms with Crippen molar-refractivity contribution < 1.29 is 57.6 Å². The van der Waals surface area contributed by atoms with E-state index in [1.165, 1.54) is 166 Å². The number of aromatic carboxylic acids is 1. The highest BCUT2D eigenvalue weighted by Gasteiger charge is 2.33. The molecule has 21 heteroatoms. The second kappa shape index (κ2) is 43.7. The number of nitrogens with two attached hydrogens (primary N) is 1. The van der Waals surface area contributed by atoms with E-state index in [4.69, 9.17) is 29.4 Å².